The predicted octanol–water partition coefficient (Wildman–Crippen LogP) is 2.76. The minimum atomic E-state index is -3.41. The molecule has 5 rings (SSSR count). The van der Waals surface area contributed by atoms with E-state index in [1.165, 1.54) is 22.7 Å². The summed E-state index contributed by atoms with van der Waals surface area (Å²) < 4.78 is 38.8. The quantitative estimate of drug-likeness (QED) is 0.533. The summed E-state index contributed by atoms with van der Waals surface area (Å²) in [6.07, 6.45) is 1.03. The first-order valence-electron chi connectivity index (χ1n) is 11.6. The van der Waals surface area contributed by atoms with Gasteiger partial charge in [-0.15, -0.1) is 0 Å². The molecule has 2 fully saturated rings. The highest BCUT2D eigenvalue weighted by Crippen LogP contribution is 2.31. The van der Waals surface area contributed by atoms with E-state index in [-0.39, 0.29) is 6.10 Å². The Morgan fingerprint density at radius 1 is 1.09 bits per heavy atom. The molecule has 0 spiro atoms. The average molecular weight is 521 g/mol. The fourth-order valence-corrected chi connectivity index (χ4v) is 5.77. The van der Waals surface area contributed by atoms with Gasteiger partial charge in [0.1, 0.15) is 6.10 Å². The molecule has 35 heavy (non-hydrogen) atoms. The number of rotatable bonds is 6. The third-order valence-electron chi connectivity index (χ3n) is 6.39. The first kappa shape index (κ1) is 24.3. The molecule has 188 valence electrons. The van der Waals surface area contributed by atoms with E-state index in [4.69, 9.17) is 21.1 Å². The lowest BCUT2D eigenvalue weighted by Gasteiger charge is -2.32. The van der Waals surface area contributed by atoms with Gasteiger partial charge in [0.2, 0.25) is 0 Å². The molecule has 2 aliphatic rings. The van der Waals surface area contributed by atoms with Gasteiger partial charge >= 0.3 is 0 Å². The van der Waals surface area contributed by atoms with E-state index in [0.717, 1.165) is 37.6 Å². The molecule has 0 saturated carbocycles. The summed E-state index contributed by atoms with van der Waals surface area (Å²) in [6.45, 7) is 4.04. The zero-order chi connectivity index (χ0) is 24.6. The Morgan fingerprint density at radius 2 is 1.77 bits per heavy atom. The van der Waals surface area contributed by atoms with Crippen molar-refractivity contribution in [3.05, 3.63) is 35.4 Å². The molecule has 1 N–H and O–H groups in total. The van der Waals surface area contributed by atoms with Crippen LogP contribution in [-0.4, -0.2) is 91.6 Å². The van der Waals surface area contributed by atoms with Crippen molar-refractivity contribution in [2.24, 2.45) is 0 Å². The number of imidazole rings is 1. The highest BCUT2D eigenvalue weighted by atomic mass is 35.5. The molecule has 3 aromatic rings. The fourth-order valence-electron chi connectivity index (χ4n) is 4.38. The average Bonchev–Trinajstić information content (AvgIpc) is 3.25. The van der Waals surface area contributed by atoms with Crippen LogP contribution in [0.5, 0.6) is 6.01 Å². The maximum Gasteiger partial charge on any atom is 0.296 e. The number of aromatic amines is 1. The summed E-state index contributed by atoms with van der Waals surface area (Å²) in [7, 11) is -0.329. The maximum atomic E-state index is 12.3. The SMILES string of the molecule is CN(C)S(=O)(=O)N1CCC(Oc2nc3nc(-c4ccc(N5CCOCC5)cc4)c(Cl)cc3[nH]2)CC1. The lowest BCUT2D eigenvalue weighted by atomic mass is 10.1. The molecule has 0 radical (unpaired) electrons. The van der Waals surface area contributed by atoms with E-state index in [9.17, 15) is 8.42 Å². The van der Waals surface area contributed by atoms with Gasteiger partial charge in [-0.25, -0.2) is 4.98 Å². The Kier molecular flexibility index (Phi) is 6.86. The summed E-state index contributed by atoms with van der Waals surface area (Å²) in [5.74, 6) is 0. The van der Waals surface area contributed by atoms with Crippen molar-refractivity contribution < 1.29 is 17.9 Å². The van der Waals surface area contributed by atoms with Crippen LogP contribution in [0.25, 0.3) is 22.4 Å². The molecule has 12 heteroatoms. The second-order valence-corrected chi connectivity index (χ2v) is 11.4. The van der Waals surface area contributed by atoms with Crippen LogP contribution < -0.4 is 9.64 Å². The van der Waals surface area contributed by atoms with Crippen LogP contribution in [0.4, 0.5) is 5.69 Å². The second-order valence-electron chi connectivity index (χ2n) is 8.88. The van der Waals surface area contributed by atoms with E-state index in [2.05, 4.69) is 32.0 Å². The van der Waals surface area contributed by atoms with Crippen molar-refractivity contribution >= 4 is 38.7 Å². The molecular formula is C23H29ClN6O4S. The zero-order valence-corrected chi connectivity index (χ0v) is 21.3. The van der Waals surface area contributed by atoms with Gasteiger partial charge in [0.15, 0.2) is 5.65 Å². The maximum absolute atomic E-state index is 12.3. The number of nitrogens with zero attached hydrogens (tertiary/aromatic N) is 5. The molecule has 2 aliphatic heterocycles. The Morgan fingerprint density at radius 3 is 2.43 bits per heavy atom. The smallest absolute Gasteiger partial charge is 0.296 e. The van der Waals surface area contributed by atoms with E-state index in [0.29, 0.717) is 53.8 Å². The molecule has 2 saturated heterocycles. The van der Waals surface area contributed by atoms with Crippen LogP contribution in [0.2, 0.25) is 5.02 Å². The van der Waals surface area contributed by atoms with Crippen molar-refractivity contribution in [3.63, 3.8) is 0 Å². The fraction of sp³-hybridized carbons (Fsp3) is 0.478. The first-order chi connectivity index (χ1) is 16.8. The van der Waals surface area contributed by atoms with Gasteiger partial charge < -0.3 is 19.4 Å². The number of morpholine rings is 1. The second kappa shape index (κ2) is 9.90. The summed E-state index contributed by atoms with van der Waals surface area (Å²) in [5.41, 5.74) is 3.92. The molecule has 0 unspecified atom stereocenters. The number of piperidine rings is 1. The van der Waals surface area contributed by atoms with E-state index in [1.807, 2.05) is 12.1 Å². The number of anilines is 1. The van der Waals surface area contributed by atoms with Crippen LogP contribution in [0.15, 0.2) is 30.3 Å². The van der Waals surface area contributed by atoms with Gasteiger partial charge in [-0.2, -0.15) is 22.0 Å². The Balaban J connectivity index is 1.28. The monoisotopic (exact) mass is 520 g/mol. The highest BCUT2D eigenvalue weighted by molar-refractivity contribution is 7.86. The summed E-state index contributed by atoms with van der Waals surface area (Å²) in [5, 5.41) is 0.522. The van der Waals surface area contributed by atoms with Gasteiger partial charge in [-0.3, -0.25) is 0 Å². The van der Waals surface area contributed by atoms with Gasteiger partial charge in [-0.05, 0) is 31.0 Å². The van der Waals surface area contributed by atoms with Crippen molar-refractivity contribution in [1.82, 2.24) is 23.6 Å². The van der Waals surface area contributed by atoms with Crippen molar-refractivity contribution in [2.45, 2.75) is 18.9 Å². The number of H-pyrrole nitrogens is 1. The van der Waals surface area contributed by atoms with Crippen LogP contribution in [0.1, 0.15) is 12.8 Å². The lowest BCUT2D eigenvalue weighted by Crippen LogP contribution is -2.46. The number of benzene rings is 1. The number of fused-ring (bicyclic) bond motifs is 1. The molecular weight excluding hydrogens is 492 g/mol. The van der Waals surface area contributed by atoms with Gasteiger partial charge in [0.25, 0.3) is 16.2 Å². The molecule has 4 heterocycles. The van der Waals surface area contributed by atoms with Gasteiger partial charge in [-0.1, -0.05) is 23.7 Å². The number of hydrogen-bond donors (Lipinski definition) is 1. The predicted molar refractivity (Wildman–Crippen MR) is 135 cm³/mol. The Labute approximate surface area is 210 Å². The standard InChI is InChI=1S/C23H29ClN6O4S/c1-28(2)35(31,32)30-9-7-18(8-10-30)34-23-25-20-15-19(24)21(26-22(20)27-23)16-3-5-17(6-4-16)29-11-13-33-14-12-29/h3-6,15,18H,7-14H2,1-2H3,(H,25,26,27). The summed E-state index contributed by atoms with van der Waals surface area (Å²) in [6, 6.07) is 10.4. The third-order valence-corrected chi connectivity index (χ3v) is 8.62. The first-order valence-corrected chi connectivity index (χ1v) is 13.4. The van der Waals surface area contributed by atoms with Gasteiger partial charge in [0, 0.05) is 51.5 Å². The van der Waals surface area contributed by atoms with Crippen LogP contribution in [0.3, 0.4) is 0 Å². The number of aromatic nitrogens is 3. The number of hydrogen-bond acceptors (Lipinski definition) is 7. The number of ether oxygens (including phenoxy) is 2. The molecule has 0 bridgehead atoms. The highest BCUT2D eigenvalue weighted by Gasteiger charge is 2.30. The topological polar surface area (TPSA) is 104 Å². The minimum absolute atomic E-state index is 0.133. The zero-order valence-electron chi connectivity index (χ0n) is 19.8. The number of halogens is 1. The van der Waals surface area contributed by atoms with Gasteiger partial charge in [0.05, 0.1) is 29.4 Å². The van der Waals surface area contributed by atoms with E-state index < -0.39 is 10.2 Å². The molecule has 10 nitrogen and oxygen atoms in total. The molecule has 2 aromatic heterocycles. The van der Waals surface area contributed by atoms with Crippen molar-refractivity contribution in [1.29, 1.82) is 0 Å². The molecule has 0 amide bonds. The number of nitrogens with one attached hydrogen (secondary N) is 1. The Bertz CT molecular complexity index is 1280. The normalized spacial score (nSPS) is 18.5. The third kappa shape index (κ3) is 5.10. The van der Waals surface area contributed by atoms with Crippen LogP contribution in [0, 0.1) is 0 Å². The summed E-state index contributed by atoms with van der Waals surface area (Å²) >= 11 is 6.57. The van der Waals surface area contributed by atoms with Crippen LogP contribution in [-0.2, 0) is 14.9 Å². The number of pyridine rings is 1. The van der Waals surface area contributed by atoms with E-state index in [1.54, 1.807) is 6.07 Å². The van der Waals surface area contributed by atoms with Crippen molar-refractivity contribution in [3.8, 4) is 17.3 Å². The lowest BCUT2D eigenvalue weighted by molar-refractivity contribution is 0.122. The van der Waals surface area contributed by atoms with E-state index >= 15 is 0 Å². The van der Waals surface area contributed by atoms with Crippen LogP contribution >= 0.6 is 11.6 Å². The van der Waals surface area contributed by atoms with Crippen molar-refractivity contribution in [2.75, 3.05) is 58.4 Å². The minimum Gasteiger partial charge on any atom is -0.461 e. The largest absolute Gasteiger partial charge is 0.461 e. The Hall–Kier alpha value is -2.44. The molecule has 0 atom stereocenters. The molecule has 1 aromatic carbocycles. The molecule has 0 aliphatic carbocycles. The summed E-state index contributed by atoms with van der Waals surface area (Å²) in [4.78, 5) is 14.6.